The highest BCUT2D eigenvalue weighted by molar-refractivity contribution is 5.99. The third-order valence-corrected chi connectivity index (χ3v) is 1.83. The van der Waals surface area contributed by atoms with Crippen molar-refractivity contribution in [1.82, 2.24) is 0 Å². The number of benzene rings is 1. The Balaban J connectivity index is 2.95. The lowest BCUT2D eigenvalue weighted by atomic mass is 10.2. The Kier molecular flexibility index (Phi) is 3.77. The topological polar surface area (TPSA) is 55.4 Å². The number of esters is 1. The van der Waals surface area contributed by atoms with E-state index in [0.29, 0.717) is 0 Å². The molecule has 0 bridgehead atoms. The van der Waals surface area contributed by atoms with Crippen molar-refractivity contribution in [3.05, 3.63) is 42.2 Å². The standard InChI is InChI=1S/C11H10FNO3/c1-3-10(14)13-9-5-4-7(6-8(9)12)11(15)16-2/h3-6H,1H2,2H3,(H,13,14). The summed E-state index contributed by atoms with van der Waals surface area (Å²) in [5.74, 6) is -1.87. The Hall–Kier alpha value is -2.17. The van der Waals surface area contributed by atoms with E-state index in [1.54, 1.807) is 0 Å². The molecule has 5 heteroatoms. The number of carbonyl (C=O) groups excluding carboxylic acids is 2. The molecular weight excluding hydrogens is 213 g/mol. The number of hydrogen-bond donors (Lipinski definition) is 1. The van der Waals surface area contributed by atoms with Gasteiger partial charge in [0.05, 0.1) is 18.4 Å². The van der Waals surface area contributed by atoms with Gasteiger partial charge in [0.15, 0.2) is 0 Å². The van der Waals surface area contributed by atoms with Crippen LogP contribution in [0.2, 0.25) is 0 Å². The average Bonchev–Trinajstić information content (AvgIpc) is 2.30. The zero-order chi connectivity index (χ0) is 12.1. The summed E-state index contributed by atoms with van der Waals surface area (Å²) in [5, 5.41) is 2.26. The van der Waals surface area contributed by atoms with Crippen LogP contribution in [0.15, 0.2) is 30.9 Å². The molecule has 0 fully saturated rings. The summed E-state index contributed by atoms with van der Waals surface area (Å²) in [7, 11) is 1.20. The molecule has 4 nitrogen and oxygen atoms in total. The van der Waals surface area contributed by atoms with Crippen molar-refractivity contribution in [2.45, 2.75) is 0 Å². The Morgan fingerprint density at radius 1 is 1.50 bits per heavy atom. The van der Waals surface area contributed by atoms with Crippen molar-refractivity contribution in [2.24, 2.45) is 0 Å². The molecule has 0 aliphatic heterocycles. The van der Waals surface area contributed by atoms with Crippen molar-refractivity contribution >= 4 is 17.6 Å². The van der Waals surface area contributed by atoms with Gasteiger partial charge in [0.25, 0.3) is 0 Å². The van der Waals surface area contributed by atoms with Crippen molar-refractivity contribution in [2.75, 3.05) is 12.4 Å². The van der Waals surface area contributed by atoms with Crippen LogP contribution >= 0.6 is 0 Å². The zero-order valence-corrected chi connectivity index (χ0v) is 8.62. The van der Waals surface area contributed by atoms with Crippen LogP contribution < -0.4 is 5.32 Å². The first-order valence-electron chi connectivity index (χ1n) is 4.39. The lowest BCUT2D eigenvalue weighted by molar-refractivity contribution is -0.111. The van der Waals surface area contributed by atoms with E-state index in [1.807, 2.05) is 0 Å². The van der Waals surface area contributed by atoms with Gasteiger partial charge >= 0.3 is 5.97 Å². The van der Waals surface area contributed by atoms with Crippen LogP contribution in [0.25, 0.3) is 0 Å². The molecule has 1 N–H and O–H groups in total. The largest absolute Gasteiger partial charge is 0.465 e. The Bertz CT molecular complexity index is 443. The maximum Gasteiger partial charge on any atom is 0.337 e. The number of anilines is 1. The summed E-state index contributed by atoms with van der Waals surface area (Å²) >= 11 is 0. The molecule has 0 aromatic heterocycles. The number of amides is 1. The lowest BCUT2D eigenvalue weighted by Crippen LogP contribution is -2.10. The predicted octanol–water partition coefficient (Wildman–Crippen LogP) is 1.74. The normalized spacial score (nSPS) is 9.38. The number of nitrogens with one attached hydrogen (secondary N) is 1. The van der Waals surface area contributed by atoms with E-state index in [1.165, 1.54) is 19.2 Å². The molecule has 0 radical (unpaired) electrons. The second-order valence-corrected chi connectivity index (χ2v) is 2.88. The molecule has 84 valence electrons. The fourth-order valence-electron chi connectivity index (χ4n) is 1.05. The molecule has 0 spiro atoms. The van der Waals surface area contributed by atoms with E-state index in [9.17, 15) is 14.0 Å². The molecule has 1 amide bonds. The first-order chi connectivity index (χ1) is 7.58. The van der Waals surface area contributed by atoms with Crippen molar-refractivity contribution in [1.29, 1.82) is 0 Å². The maximum absolute atomic E-state index is 13.4. The van der Waals surface area contributed by atoms with Crippen molar-refractivity contribution in [3.8, 4) is 0 Å². The van der Waals surface area contributed by atoms with E-state index >= 15 is 0 Å². The van der Waals surface area contributed by atoms with Gasteiger partial charge in [-0.15, -0.1) is 0 Å². The minimum atomic E-state index is -0.710. The van der Waals surface area contributed by atoms with Crippen LogP contribution in [-0.4, -0.2) is 19.0 Å². The van der Waals surface area contributed by atoms with Gasteiger partial charge in [0.1, 0.15) is 5.82 Å². The lowest BCUT2D eigenvalue weighted by Gasteiger charge is -2.05. The van der Waals surface area contributed by atoms with Gasteiger partial charge in [-0.2, -0.15) is 0 Å². The van der Waals surface area contributed by atoms with E-state index in [0.717, 1.165) is 12.1 Å². The first kappa shape index (κ1) is 11.9. The molecule has 0 aliphatic carbocycles. The van der Waals surface area contributed by atoms with Crippen LogP contribution in [0, 0.1) is 5.82 Å². The molecule has 0 aliphatic rings. The minimum absolute atomic E-state index is 0.0162. The van der Waals surface area contributed by atoms with Crippen LogP contribution in [-0.2, 0) is 9.53 Å². The van der Waals surface area contributed by atoms with Crippen LogP contribution in [0.3, 0.4) is 0 Å². The molecule has 0 unspecified atom stereocenters. The summed E-state index contributed by atoms with van der Waals surface area (Å²) in [6.07, 6.45) is 1.02. The number of rotatable bonds is 3. The van der Waals surface area contributed by atoms with Gasteiger partial charge in [0, 0.05) is 0 Å². The first-order valence-corrected chi connectivity index (χ1v) is 4.39. The van der Waals surface area contributed by atoms with E-state index < -0.39 is 17.7 Å². The van der Waals surface area contributed by atoms with Gasteiger partial charge in [-0.05, 0) is 24.3 Å². The summed E-state index contributed by atoms with van der Waals surface area (Å²) in [6.45, 7) is 3.24. The predicted molar refractivity (Wildman–Crippen MR) is 56.6 cm³/mol. The van der Waals surface area contributed by atoms with Crippen molar-refractivity contribution < 1.29 is 18.7 Å². The molecule has 0 saturated heterocycles. The second kappa shape index (κ2) is 5.06. The maximum atomic E-state index is 13.4. The fourth-order valence-corrected chi connectivity index (χ4v) is 1.05. The van der Waals surface area contributed by atoms with Gasteiger partial charge in [0.2, 0.25) is 5.91 Å². The SMILES string of the molecule is C=CC(=O)Nc1ccc(C(=O)OC)cc1F. The average molecular weight is 223 g/mol. The number of halogens is 1. The molecule has 0 atom stereocenters. The molecule has 1 aromatic carbocycles. The van der Waals surface area contributed by atoms with Crippen LogP contribution in [0.5, 0.6) is 0 Å². The van der Waals surface area contributed by atoms with E-state index in [2.05, 4.69) is 16.6 Å². The molecule has 0 heterocycles. The summed E-state index contributed by atoms with van der Waals surface area (Å²) in [5.41, 5.74) is 0.0640. The third kappa shape index (κ3) is 2.66. The summed E-state index contributed by atoms with van der Waals surface area (Å²) in [6, 6.07) is 3.63. The van der Waals surface area contributed by atoms with Crippen LogP contribution in [0.4, 0.5) is 10.1 Å². The minimum Gasteiger partial charge on any atom is -0.465 e. The third-order valence-electron chi connectivity index (χ3n) is 1.83. The highest BCUT2D eigenvalue weighted by atomic mass is 19.1. The fraction of sp³-hybridized carbons (Fsp3) is 0.0909. The zero-order valence-electron chi connectivity index (χ0n) is 8.62. The molecule has 0 saturated carbocycles. The second-order valence-electron chi connectivity index (χ2n) is 2.88. The monoisotopic (exact) mass is 223 g/mol. The Morgan fingerprint density at radius 2 is 2.19 bits per heavy atom. The molecule has 16 heavy (non-hydrogen) atoms. The molecule has 1 aromatic rings. The van der Waals surface area contributed by atoms with Crippen LogP contribution in [0.1, 0.15) is 10.4 Å². The highest BCUT2D eigenvalue weighted by Crippen LogP contribution is 2.16. The highest BCUT2D eigenvalue weighted by Gasteiger charge is 2.10. The number of hydrogen-bond acceptors (Lipinski definition) is 3. The van der Waals surface area contributed by atoms with Gasteiger partial charge in [-0.25, -0.2) is 9.18 Å². The number of carbonyl (C=O) groups is 2. The van der Waals surface area contributed by atoms with E-state index in [4.69, 9.17) is 0 Å². The Morgan fingerprint density at radius 3 is 2.69 bits per heavy atom. The quantitative estimate of drug-likeness (QED) is 0.627. The van der Waals surface area contributed by atoms with Gasteiger partial charge in [-0.3, -0.25) is 4.79 Å². The summed E-state index contributed by atoms with van der Waals surface area (Å²) in [4.78, 5) is 22.0. The van der Waals surface area contributed by atoms with E-state index in [-0.39, 0.29) is 11.3 Å². The van der Waals surface area contributed by atoms with Crippen molar-refractivity contribution in [3.63, 3.8) is 0 Å². The smallest absolute Gasteiger partial charge is 0.337 e. The number of methoxy groups -OCH3 is 1. The molecule has 1 rings (SSSR count). The van der Waals surface area contributed by atoms with Gasteiger partial charge < -0.3 is 10.1 Å². The number of ether oxygens (including phenoxy) is 1. The summed E-state index contributed by atoms with van der Waals surface area (Å²) < 4.78 is 17.8. The Labute approximate surface area is 91.7 Å². The molecular formula is C11H10FNO3. The van der Waals surface area contributed by atoms with Gasteiger partial charge in [-0.1, -0.05) is 6.58 Å².